The highest BCUT2D eigenvalue weighted by atomic mass is 127. The average Bonchev–Trinajstić information content (AvgIpc) is 2.60. The Hall–Kier alpha value is -0.860. The van der Waals surface area contributed by atoms with Crippen molar-refractivity contribution in [3.8, 4) is 0 Å². The number of aryl methyl sites for hydroxylation is 1. The van der Waals surface area contributed by atoms with E-state index in [-0.39, 0.29) is 24.0 Å². The molecular weight excluding hydrogens is 415 g/mol. The number of nitrogens with zero attached hydrogens (tertiary/aromatic N) is 2. The summed E-state index contributed by atoms with van der Waals surface area (Å²) in [5.74, 6) is 0.872. The zero-order chi connectivity index (χ0) is 16.5. The smallest absolute Gasteiger partial charge is 0.191 e. The molecule has 2 rings (SSSR count). The molecule has 1 unspecified atom stereocenters. The summed E-state index contributed by atoms with van der Waals surface area (Å²) in [4.78, 5) is 6.80. The zero-order valence-electron chi connectivity index (χ0n) is 15.0. The van der Waals surface area contributed by atoms with E-state index in [4.69, 9.17) is 4.74 Å². The lowest BCUT2D eigenvalue weighted by molar-refractivity contribution is 0.0170. The third-order valence-corrected chi connectivity index (χ3v) is 4.18. The molecule has 136 valence electrons. The molecule has 1 fully saturated rings. The maximum atomic E-state index is 5.51. The van der Waals surface area contributed by atoms with Crippen molar-refractivity contribution < 1.29 is 4.74 Å². The first kappa shape index (κ1) is 21.2. The van der Waals surface area contributed by atoms with Gasteiger partial charge in [-0.15, -0.1) is 24.0 Å². The highest BCUT2D eigenvalue weighted by Gasteiger charge is 2.22. The lowest BCUT2D eigenvalue weighted by Crippen LogP contribution is -2.46. The number of hydrogen-bond donors (Lipinski definition) is 2. The maximum absolute atomic E-state index is 5.51. The van der Waals surface area contributed by atoms with Crippen LogP contribution in [0.3, 0.4) is 0 Å². The largest absolute Gasteiger partial charge is 0.379 e. The molecule has 0 saturated carbocycles. The second-order valence-electron chi connectivity index (χ2n) is 5.95. The minimum absolute atomic E-state index is 0. The van der Waals surface area contributed by atoms with Crippen LogP contribution in [-0.4, -0.2) is 57.3 Å². The quantitative estimate of drug-likeness (QED) is 0.401. The molecule has 1 heterocycles. The molecule has 1 aliphatic rings. The predicted octanol–water partition coefficient (Wildman–Crippen LogP) is 2.56. The van der Waals surface area contributed by atoms with Crippen LogP contribution in [0.1, 0.15) is 30.5 Å². The number of aliphatic imine (C=N–C) groups is 1. The number of benzene rings is 1. The van der Waals surface area contributed by atoms with Gasteiger partial charge in [-0.05, 0) is 18.9 Å². The molecule has 0 bridgehead atoms. The van der Waals surface area contributed by atoms with Crippen molar-refractivity contribution in [3.63, 3.8) is 0 Å². The maximum Gasteiger partial charge on any atom is 0.191 e. The summed E-state index contributed by atoms with van der Waals surface area (Å²) >= 11 is 0. The van der Waals surface area contributed by atoms with E-state index in [1.165, 1.54) is 11.1 Å². The normalized spacial score (nSPS) is 17.0. The van der Waals surface area contributed by atoms with Gasteiger partial charge in [-0.3, -0.25) is 9.89 Å². The Morgan fingerprint density at radius 3 is 2.46 bits per heavy atom. The van der Waals surface area contributed by atoms with Crippen molar-refractivity contribution in [3.05, 3.63) is 35.4 Å². The van der Waals surface area contributed by atoms with Crippen LogP contribution in [-0.2, 0) is 4.74 Å². The summed E-state index contributed by atoms with van der Waals surface area (Å²) < 4.78 is 5.51. The molecule has 0 spiro atoms. The van der Waals surface area contributed by atoms with E-state index in [0.717, 1.165) is 51.8 Å². The Labute approximate surface area is 163 Å². The van der Waals surface area contributed by atoms with E-state index in [9.17, 15) is 0 Å². The second-order valence-corrected chi connectivity index (χ2v) is 5.95. The molecule has 2 N–H and O–H groups in total. The Morgan fingerprint density at radius 2 is 1.88 bits per heavy atom. The molecular formula is C18H31IN4O. The molecule has 0 amide bonds. The van der Waals surface area contributed by atoms with Gasteiger partial charge in [0.1, 0.15) is 0 Å². The van der Waals surface area contributed by atoms with Gasteiger partial charge >= 0.3 is 0 Å². The molecule has 1 aliphatic heterocycles. The molecule has 0 radical (unpaired) electrons. The first-order valence-corrected chi connectivity index (χ1v) is 8.57. The van der Waals surface area contributed by atoms with Crippen LogP contribution in [0.2, 0.25) is 0 Å². The first-order valence-electron chi connectivity index (χ1n) is 8.57. The van der Waals surface area contributed by atoms with Crippen molar-refractivity contribution in [2.75, 3.05) is 46.4 Å². The monoisotopic (exact) mass is 446 g/mol. The van der Waals surface area contributed by atoms with E-state index in [1.807, 2.05) is 7.05 Å². The standard InChI is InChI=1S/C18H30N4O.HI/c1-4-9-20-18(19-3)21-14-17(22-10-12-23-13-11-22)16-7-5-15(2)6-8-16;/h5-8,17H,4,9-14H2,1-3H3,(H2,19,20,21);1H. The summed E-state index contributed by atoms with van der Waals surface area (Å²) in [6, 6.07) is 9.18. The highest BCUT2D eigenvalue weighted by molar-refractivity contribution is 14.0. The van der Waals surface area contributed by atoms with Gasteiger partial charge in [-0.25, -0.2) is 0 Å². The Morgan fingerprint density at radius 1 is 1.21 bits per heavy atom. The summed E-state index contributed by atoms with van der Waals surface area (Å²) in [6.07, 6.45) is 1.09. The van der Waals surface area contributed by atoms with Crippen LogP contribution in [0.5, 0.6) is 0 Å². The zero-order valence-corrected chi connectivity index (χ0v) is 17.4. The lowest BCUT2D eigenvalue weighted by atomic mass is 10.0. The summed E-state index contributed by atoms with van der Waals surface area (Å²) in [5.41, 5.74) is 2.64. The fraction of sp³-hybridized carbons (Fsp3) is 0.611. The van der Waals surface area contributed by atoms with Crippen LogP contribution < -0.4 is 10.6 Å². The van der Waals surface area contributed by atoms with Crippen molar-refractivity contribution in [1.82, 2.24) is 15.5 Å². The third kappa shape index (κ3) is 6.57. The fourth-order valence-corrected chi connectivity index (χ4v) is 2.79. The summed E-state index contributed by atoms with van der Waals surface area (Å²) in [6.45, 7) is 9.63. The van der Waals surface area contributed by atoms with E-state index in [1.54, 1.807) is 0 Å². The fourth-order valence-electron chi connectivity index (χ4n) is 2.79. The topological polar surface area (TPSA) is 48.9 Å². The molecule has 1 saturated heterocycles. The number of halogens is 1. The van der Waals surface area contributed by atoms with Crippen molar-refractivity contribution in [1.29, 1.82) is 0 Å². The number of nitrogens with one attached hydrogen (secondary N) is 2. The SMILES string of the molecule is CCCNC(=NC)NCC(c1ccc(C)cc1)N1CCOCC1.I. The van der Waals surface area contributed by atoms with Crippen LogP contribution in [0.25, 0.3) is 0 Å². The van der Waals surface area contributed by atoms with Crippen molar-refractivity contribution in [2.24, 2.45) is 4.99 Å². The van der Waals surface area contributed by atoms with Crippen LogP contribution in [0.4, 0.5) is 0 Å². The molecule has 6 heteroatoms. The summed E-state index contributed by atoms with van der Waals surface area (Å²) in [5, 5.41) is 6.80. The lowest BCUT2D eigenvalue weighted by Gasteiger charge is -2.35. The molecule has 5 nitrogen and oxygen atoms in total. The van der Waals surface area contributed by atoms with E-state index >= 15 is 0 Å². The third-order valence-electron chi connectivity index (χ3n) is 4.18. The molecule has 1 aromatic carbocycles. The van der Waals surface area contributed by atoms with Gasteiger partial charge < -0.3 is 15.4 Å². The number of ether oxygens (including phenoxy) is 1. The van der Waals surface area contributed by atoms with Gasteiger partial charge in [-0.2, -0.15) is 0 Å². The van der Waals surface area contributed by atoms with E-state index in [2.05, 4.69) is 58.6 Å². The van der Waals surface area contributed by atoms with Gasteiger partial charge in [0.05, 0.1) is 19.3 Å². The Kier molecular flexibility index (Phi) is 10.3. The van der Waals surface area contributed by atoms with Gasteiger partial charge in [0.15, 0.2) is 5.96 Å². The molecule has 0 aliphatic carbocycles. The number of hydrogen-bond acceptors (Lipinski definition) is 3. The number of morpholine rings is 1. The van der Waals surface area contributed by atoms with Crippen molar-refractivity contribution >= 4 is 29.9 Å². The number of rotatable bonds is 6. The van der Waals surface area contributed by atoms with Crippen LogP contribution >= 0.6 is 24.0 Å². The van der Waals surface area contributed by atoms with Gasteiger partial charge in [0.25, 0.3) is 0 Å². The Bertz CT molecular complexity index is 486. The minimum Gasteiger partial charge on any atom is -0.379 e. The summed E-state index contributed by atoms with van der Waals surface area (Å²) in [7, 11) is 1.82. The Balaban J connectivity index is 0.00000288. The van der Waals surface area contributed by atoms with E-state index < -0.39 is 0 Å². The van der Waals surface area contributed by atoms with Gasteiger partial charge in [0.2, 0.25) is 0 Å². The number of guanidine groups is 1. The van der Waals surface area contributed by atoms with E-state index in [0.29, 0.717) is 6.04 Å². The molecule has 0 aromatic heterocycles. The average molecular weight is 446 g/mol. The van der Waals surface area contributed by atoms with Gasteiger partial charge in [-0.1, -0.05) is 36.8 Å². The van der Waals surface area contributed by atoms with Crippen LogP contribution in [0.15, 0.2) is 29.3 Å². The van der Waals surface area contributed by atoms with Crippen LogP contribution in [0, 0.1) is 6.92 Å². The van der Waals surface area contributed by atoms with Crippen molar-refractivity contribution in [2.45, 2.75) is 26.3 Å². The first-order chi connectivity index (χ1) is 11.2. The molecule has 1 atom stereocenters. The second kappa shape index (κ2) is 11.7. The predicted molar refractivity (Wildman–Crippen MR) is 111 cm³/mol. The van der Waals surface area contributed by atoms with Gasteiger partial charge in [0, 0.05) is 33.2 Å². The highest BCUT2D eigenvalue weighted by Crippen LogP contribution is 2.21. The minimum atomic E-state index is 0. The molecule has 24 heavy (non-hydrogen) atoms. The molecule has 1 aromatic rings.